The summed E-state index contributed by atoms with van der Waals surface area (Å²) < 4.78 is 32.8. The zero-order valence-corrected chi connectivity index (χ0v) is 18.8. The molecule has 5 rings (SSSR count). The number of halogens is 2. The Hall–Kier alpha value is -4.06. The molecule has 0 aliphatic carbocycles. The Balaban J connectivity index is 1.75. The van der Waals surface area contributed by atoms with Gasteiger partial charge in [-0.05, 0) is 43.0 Å². The summed E-state index contributed by atoms with van der Waals surface area (Å²) in [6.45, 7) is 10.4. The Kier molecular flexibility index (Phi) is 5.36. The summed E-state index contributed by atoms with van der Waals surface area (Å²) in [5.41, 5.74) is 0.388. The SMILES string of the molecule is [C-]#[N+]c1ccc(-c2nc(N3CCC(C)CC3)c(F)c(=O)n2-c2ccc3nn(C)cc3c2)cc1F. The quantitative estimate of drug-likeness (QED) is 0.410. The molecule has 0 amide bonds. The highest BCUT2D eigenvalue weighted by atomic mass is 19.1. The summed E-state index contributed by atoms with van der Waals surface area (Å²) in [5.74, 6) is -1.07. The number of hydrogen-bond donors (Lipinski definition) is 0. The van der Waals surface area contributed by atoms with Crippen LogP contribution >= 0.6 is 0 Å². The highest BCUT2D eigenvalue weighted by Crippen LogP contribution is 2.30. The van der Waals surface area contributed by atoms with Crippen molar-refractivity contribution in [3.05, 3.63) is 76.0 Å². The Morgan fingerprint density at radius 1 is 1.12 bits per heavy atom. The molecule has 0 N–H and O–H groups in total. The van der Waals surface area contributed by atoms with Crippen molar-refractivity contribution in [2.45, 2.75) is 19.8 Å². The van der Waals surface area contributed by atoms with Crippen LogP contribution in [0, 0.1) is 24.1 Å². The van der Waals surface area contributed by atoms with E-state index in [4.69, 9.17) is 6.57 Å². The van der Waals surface area contributed by atoms with Crippen LogP contribution in [0.15, 0.2) is 47.4 Å². The van der Waals surface area contributed by atoms with Crippen LogP contribution in [-0.2, 0) is 7.05 Å². The average molecular weight is 460 g/mol. The van der Waals surface area contributed by atoms with E-state index in [9.17, 15) is 9.18 Å². The van der Waals surface area contributed by atoms with Crippen molar-refractivity contribution >= 4 is 22.4 Å². The van der Waals surface area contributed by atoms with E-state index in [1.54, 1.807) is 41.0 Å². The third-order valence-electron chi connectivity index (χ3n) is 6.28. The van der Waals surface area contributed by atoms with Gasteiger partial charge in [-0.25, -0.2) is 14.2 Å². The van der Waals surface area contributed by atoms with Crippen molar-refractivity contribution < 1.29 is 8.78 Å². The van der Waals surface area contributed by atoms with Crippen molar-refractivity contribution in [1.82, 2.24) is 19.3 Å². The van der Waals surface area contributed by atoms with Crippen LogP contribution in [0.25, 0.3) is 32.8 Å². The van der Waals surface area contributed by atoms with Crippen molar-refractivity contribution in [3.63, 3.8) is 0 Å². The first-order valence-corrected chi connectivity index (χ1v) is 11.0. The van der Waals surface area contributed by atoms with E-state index in [0.29, 0.717) is 24.7 Å². The van der Waals surface area contributed by atoms with Gasteiger partial charge in [0.15, 0.2) is 5.82 Å². The maximum Gasteiger partial charge on any atom is 0.296 e. The molecule has 0 saturated carbocycles. The molecule has 1 aliphatic rings. The molecule has 3 heterocycles. The lowest BCUT2D eigenvalue weighted by atomic mass is 9.99. The van der Waals surface area contributed by atoms with Gasteiger partial charge < -0.3 is 4.90 Å². The van der Waals surface area contributed by atoms with Crippen LogP contribution in [0.5, 0.6) is 0 Å². The zero-order valence-electron chi connectivity index (χ0n) is 18.8. The van der Waals surface area contributed by atoms with Gasteiger partial charge in [-0.3, -0.25) is 14.0 Å². The normalized spacial score (nSPS) is 14.5. The monoisotopic (exact) mass is 460 g/mol. The fourth-order valence-electron chi connectivity index (χ4n) is 4.36. The standard InChI is InChI=1S/C25H22F2N6O/c1-15-8-10-32(11-9-15)24-22(27)25(34)33(18-5-7-20-17(12-18)14-31(3)30-20)23(29-24)16-4-6-21(28-2)19(26)13-16/h4-7,12-15H,8-11H2,1,3H3. The molecular weight excluding hydrogens is 438 g/mol. The fraction of sp³-hybridized carbons (Fsp3) is 0.280. The molecule has 2 aromatic carbocycles. The Bertz CT molecular complexity index is 1510. The number of anilines is 1. The Morgan fingerprint density at radius 3 is 2.59 bits per heavy atom. The van der Waals surface area contributed by atoms with Crippen molar-refractivity contribution in [2.75, 3.05) is 18.0 Å². The number of aromatic nitrogens is 4. The van der Waals surface area contributed by atoms with Crippen LogP contribution in [0.1, 0.15) is 19.8 Å². The summed E-state index contributed by atoms with van der Waals surface area (Å²) in [5, 5.41) is 5.10. The lowest BCUT2D eigenvalue weighted by molar-refractivity contribution is 0.431. The molecule has 1 fully saturated rings. The van der Waals surface area contributed by atoms with Gasteiger partial charge in [-0.15, -0.1) is 0 Å². The van der Waals surface area contributed by atoms with E-state index in [0.717, 1.165) is 34.4 Å². The van der Waals surface area contributed by atoms with Crippen LogP contribution in [-0.4, -0.2) is 32.4 Å². The first kappa shape index (κ1) is 21.8. The molecule has 9 heteroatoms. The van der Waals surface area contributed by atoms with E-state index in [1.165, 1.54) is 12.1 Å². The predicted molar refractivity (Wildman–Crippen MR) is 126 cm³/mol. The number of nitrogens with zero attached hydrogens (tertiary/aromatic N) is 6. The molecule has 4 aromatic rings. The van der Waals surface area contributed by atoms with Crippen LogP contribution < -0.4 is 10.5 Å². The van der Waals surface area contributed by atoms with E-state index in [-0.39, 0.29) is 22.9 Å². The molecule has 0 radical (unpaired) electrons. The first-order chi connectivity index (χ1) is 16.4. The lowest BCUT2D eigenvalue weighted by Crippen LogP contribution is -2.37. The molecule has 0 unspecified atom stereocenters. The van der Waals surface area contributed by atoms with Gasteiger partial charge in [0.25, 0.3) is 5.56 Å². The summed E-state index contributed by atoms with van der Waals surface area (Å²) in [7, 11) is 1.79. The third kappa shape index (κ3) is 3.71. The van der Waals surface area contributed by atoms with Gasteiger partial charge in [-0.2, -0.15) is 9.49 Å². The molecule has 7 nitrogen and oxygen atoms in total. The Morgan fingerprint density at radius 2 is 1.88 bits per heavy atom. The maximum atomic E-state index is 15.5. The number of aryl methyl sites for hydroxylation is 1. The van der Waals surface area contributed by atoms with Crippen LogP contribution in [0.2, 0.25) is 0 Å². The highest BCUT2D eigenvalue weighted by Gasteiger charge is 2.26. The summed E-state index contributed by atoms with van der Waals surface area (Å²) in [6.07, 6.45) is 3.53. The predicted octanol–water partition coefficient (Wildman–Crippen LogP) is 4.85. The molecule has 1 aliphatic heterocycles. The minimum atomic E-state index is -0.942. The average Bonchev–Trinajstić information content (AvgIpc) is 3.20. The molecule has 2 aromatic heterocycles. The summed E-state index contributed by atoms with van der Waals surface area (Å²) in [6, 6.07) is 9.14. The zero-order chi connectivity index (χ0) is 24.0. The second kappa shape index (κ2) is 8.37. The van der Waals surface area contributed by atoms with Gasteiger partial charge in [0, 0.05) is 37.3 Å². The second-order valence-electron chi connectivity index (χ2n) is 8.71. The Labute approximate surface area is 194 Å². The second-order valence-corrected chi connectivity index (χ2v) is 8.71. The largest absolute Gasteiger partial charge is 0.354 e. The van der Waals surface area contributed by atoms with Crippen molar-refractivity contribution in [3.8, 4) is 17.1 Å². The van der Waals surface area contributed by atoms with Crippen molar-refractivity contribution in [1.29, 1.82) is 0 Å². The number of hydrogen-bond acceptors (Lipinski definition) is 4. The minimum absolute atomic E-state index is 0.0275. The first-order valence-electron chi connectivity index (χ1n) is 11.0. The van der Waals surface area contributed by atoms with Gasteiger partial charge in [0.05, 0.1) is 17.8 Å². The molecule has 0 bridgehead atoms. The van der Waals surface area contributed by atoms with E-state index >= 15 is 4.39 Å². The van der Waals surface area contributed by atoms with Crippen LogP contribution in [0.3, 0.4) is 0 Å². The molecule has 0 atom stereocenters. The highest BCUT2D eigenvalue weighted by molar-refractivity contribution is 5.81. The smallest absolute Gasteiger partial charge is 0.296 e. The van der Waals surface area contributed by atoms with Gasteiger partial charge in [0.1, 0.15) is 11.6 Å². The minimum Gasteiger partial charge on any atom is -0.354 e. The lowest BCUT2D eigenvalue weighted by Gasteiger charge is -2.31. The third-order valence-corrected chi connectivity index (χ3v) is 6.28. The van der Waals surface area contributed by atoms with Gasteiger partial charge >= 0.3 is 0 Å². The molecule has 1 saturated heterocycles. The molecule has 0 spiro atoms. The maximum absolute atomic E-state index is 15.5. The molecule has 172 valence electrons. The molecular formula is C25H22F2N6O. The van der Waals surface area contributed by atoms with E-state index < -0.39 is 17.2 Å². The van der Waals surface area contributed by atoms with Gasteiger partial charge in [0.2, 0.25) is 11.5 Å². The van der Waals surface area contributed by atoms with E-state index in [1.807, 2.05) is 0 Å². The number of rotatable bonds is 3. The summed E-state index contributed by atoms with van der Waals surface area (Å²) >= 11 is 0. The van der Waals surface area contributed by atoms with Crippen LogP contribution in [0.4, 0.5) is 20.3 Å². The number of fused-ring (bicyclic) bond motifs is 1. The number of piperidine rings is 1. The summed E-state index contributed by atoms with van der Waals surface area (Å²) in [4.78, 5) is 22.9. The number of benzene rings is 2. The van der Waals surface area contributed by atoms with Gasteiger partial charge in [-0.1, -0.05) is 19.1 Å². The topological polar surface area (TPSA) is 60.3 Å². The van der Waals surface area contributed by atoms with E-state index in [2.05, 4.69) is 21.9 Å². The van der Waals surface area contributed by atoms with Crippen molar-refractivity contribution in [2.24, 2.45) is 13.0 Å². The molecule has 34 heavy (non-hydrogen) atoms. The fourth-order valence-corrected chi connectivity index (χ4v) is 4.36.